The van der Waals surface area contributed by atoms with E-state index >= 15 is 0 Å². The molecule has 1 unspecified atom stereocenters. The van der Waals surface area contributed by atoms with Crippen LogP contribution in [0, 0.1) is 5.41 Å². The number of ether oxygens (including phenoxy) is 6. The molecule has 1 aliphatic carbocycles. The number of rotatable bonds is 11. The topological polar surface area (TPSA) is 141 Å². The molecule has 0 radical (unpaired) electrons. The Morgan fingerprint density at radius 2 is 1.40 bits per heavy atom. The maximum absolute atomic E-state index is 12.9. The molecule has 45 heavy (non-hydrogen) atoms. The van der Waals surface area contributed by atoms with Crippen LogP contribution in [-0.4, -0.2) is 67.2 Å². The van der Waals surface area contributed by atoms with Gasteiger partial charge in [-0.05, 0) is 56.6 Å². The fourth-order valence-corrected chi connectivity index (χ4v) is 5.30. The summed E-state index contributed by atoms with van der Waals surface area (Å²) in [6.45, 7) is 14.5. The number of carbonyl (C=O) groups is 5. The van der Waals surface area contributed by atoms with E-state index in [9.17, 15) is 24.0 Å². The lowest BCUT2D eigenvalue weighted by Crippen LogP contribution is -2.63. The summed E-state index contributed by atoms with van der Waals surface area (Å²) in [5, 5.41) is 0. The van der Waals surface area contributed by atoms with Gasteiger partial charge in [-0.3, -0.25) is 19.2 Å². The summed E-state index contributed by atoms with van der Waals surface area (Å²) in [6.07, 6.45) is 7.29. The molecule has 11 heteroatoms. The maximum Gasteiger partial charge on any atom is 0.333 e. The summed E-state index contributed by atoms with van der Waals surface area (Å²) >= 11 is 0. The van der Waals surface area contributed by atoms with Crippen molar-refractivity contribution in [2.45, 2.75) is 112 Å². The van der Waals surface area contributed by atoms with Gasteiger partial charge in [0.15, 0.2) is 12.2 Å². The Kier molecular flexibility index (Phi) is 14.0. The Bertz CT molecular complexity index is 1280. The normalized spacial score (nSPS) is 25.6. The van der Waals surface area contributed by atoms with Crippen LogP contribution in [0.15, 0.2) is 58.7 Å². The van der Waals surface area contributed by atoms with Gasteiger partial charge in [-0.15, -0.1) is 0 Å². The Morgan fingerprint density at radius 3 is 1.98 bits per heavy atom. The largest absolute Gasteiger partial charge is 0.463 e. The number of hydrogen-bond acceptors (Lipinski definition) is 11. The fraction of sp³-hybridized carbons (Fsp3) is 0.559. The fourth-order valence-electron chi connectivity index (χ4n) is 5.30. The number of carbonyl (C=O) groups excluding carboxylic acids is 5. The summed E-state index contributed by atoms with van der Waals surface area (Å²) < 4.78 is 32.3. The predicted molar refractivity (Wildman–Crippen MR) is 164 cm³/mol. The molecule has 0 spiro atoms. The summed E-state index contributed by atoms with van der Waals surface area (Å²) in [5.74, 6) is -3.86. The average molecular weight is 631 g/mol. The minimum Gasteiger partial charge on any atom is -0.463 e. The monoisotopic (exact) mass is 630 g/mol. The molecule has 2 rings (SSSR count). The van der Waals surface area contributed by atoms with E-state index in [2.05, 4.69) is 32.9 Å². The van der Waals surface area contributed by atoms with Gasteiger partial charge in [-0.1, -0.05) is 55.4 Å². The molecule has 11 nitrogen and oxygen atoms in total. The van der Waals surface area contributed by atoms with E-state index in [0.717, 1.165) is 46.1 Å². The lowest BCUT2D eigenvalue weighted by atomic mass is 9.72. The van der Waals surface area contributed by atoms with Crippen molar-refractivity contribution in [3.8, 4) is 0 Å². The first-order chi connectivity index (χ1) is 21.0. The van der Waals surface area contributed by atoms with Gasteiger partial charge < -0.3 is 28.4 Å². The molecule has 2 aliphatic rings. The Morgan fingerprint density at radius 1 is 0.800 bits per heavy atom. The van der Waals surface area contributed by atoms with Gasteiger partial charge in [0, 0.05) is 33.8 Å². The maximum atomic E-state index is 12.9. The quantitative estimate of drug-likeness (QED) is 0.130. The van der Waals surface area contributed by atoms with E-state index < -0.39 is 67.2 Å². The SMILES string of the molecule is CC(=O)OC[C@H]1OC(OC(=O)/C=C(C)/C=C/C=C(C)/C=C/C2=C(C)CCCC2(C)C)[C@H](OC(C)=O)[C@@H](OC(C)=O)[C@H]1OC(C)=O. The molecule has 0 saturated carbocycles. The molecule has 1 heterocycles. The third-order valence-corrected chi connectivity index (χ3v) is 7.30. The van der Waals surface area contributed by atoms with Crippen molar-refractivity contribution < 1.29 is 52.4 Å². The highest BCUT2D eigenvalue weighted by molar-refractivity contribution is 5.83. The zero-order valence-corrected chi connectivity index (χ0v) is 27.7. The first-order valence-electron chi connectivity index (χ1n) is 14.9. The van der Waals surface area contributed by atoms with Gasteiger partial charge in [-0.2, -0.15) is 0 Å². The third kappa shape index (κ3) is 12.1. The zero-order valence-electron chi connectivity index (χ0n) is 27.7. The average Bonchev–Trinajstić information content (AvgIpc) is 2.89. The van der Waals surface area contributed by atoms with Crippen LogP contribution in [0.25, 0.3) is 0 Å². The van der Waals surface area contributed by atoms with Crippen LogP contribution in [0.3, 0.4) is 0 Å². The summed E-state index contributed by atoms with van der Waals surface area (Å²) in [4.78, 5) is 60.2. The molecule has 0 aromatic rings. The molecule has 1 aliphatic heterocycles. The van der Waals surface area contributed by atoms with Crippen molar-refractivity contribution >= 4 is 29.8 Å². The van der Waals surface area contributed by atoms with Gasteiger partial charge in [0.1, 0.15) is 12.7 Å². The van der Waals surface area contributed by atoms with E-state index in [4.69, 9.17) is 28.4 Å². The van der Waals surface area contributed by atoms with Gasteiger partial charge >= 0.3 is 29.8 Å². The lowest BCUT2D eigenvalue weighted by Gasteiger charge is -2.43. The minimum absolute atomic E-state index is 0.144. The zero-order chi connectivity index (χ0) is 33.9. The molecule has 1 saturated heterocycles. The molecule has 0 aromatic carbocycles. The van der Waals surface area contributed by atoms with Crippen LogP contribution in [0.2, 0.25) is 0 Å². The van der Waals surface area contributed by atoms with Crippen molar-refractivity contribution in [2.24, 2.45) is 5.41 Å². The lowest BCUT2D eigenvalue weighted by molar-refractivity contribution is -0.299. The molecule has 0 bridgehead atoms. The number of allylic oxidation sites excluding steroid dienone is 9. The van der Waals surface area contributed by atoms with Crippen molar-refractivity contribution in [3.63, 3.8) is 0 Å². The van der Waals surface area contributed by atoms with Crippen LogP contribution in [0.4, 0.5) is 0 Å². The highest BCUT2D eigenvalue weighted by atomic mass is 16.7. The summed E-state index contributed by atoms with van der Waals surface area (Å²) in [7, 11) is 0. The molecule has 0 N–H and O–H groups in total. The smallest absolute Gasteiger partial charge is 0.333 e. The molecule has 5 atom stereocenters. The van der Waals surface area contributed by atoms with Crippen molar-refractivity contribution in [2.75, 3.05) is 6.61 Å². The van der Waals surface area contributed by atoms with Gasteiger partial charge in [-0.25, -0.2) is 4.79 Å². The molecule has 0 amide bonds. The van der Waals surface area contributed by atoms with E-state index in [1.165, 1.54) is 23.6 Å². The third-order valence-electron chi connectivity index (χ3n) is 7.30. The van der Waals surface area contributed by atoms with Gasteiger partial charge in [0.2, 0.25) is 12.4 Å². The first kappa shape index (κ1) is 37.2. The Labute approximate surface area is 265 Å². The highest BCUT2D eigenvalue weighted by Gasteiger charge is 2.53. The molecule has 1 fully saturated rings. The molecule has 0 aromatic heterocycles. The van der Waals surface area contributed by atoms with Crippen LogP contribution >= 0.6 is 0 Å². The van der Waals surface area contributed by atoms with E-state index in [-0.39, 0.29) is 5.41 Å². The Hall–Kier alpha value is -3.99. The Balaban J connectivity index is 2.25. The van der Waals surface area contributed by atoms with Gasteiger partial charge in [0.05, 0.1) is 0 Å². The van der Waals surface area contributed by atoms with Crippen LogP contribution in [0.1, 0.15) is 81.6 Å². The minimum atomic E-state index is -1.60. The standard InChI is InChI=1S/C34H46O11/c1-20(15-16-27-22(3)14-11-17-34(27,8)9)12-10-13-21(2)18-29(39)45-33-32(43-26(7)38)31(42-25(6)37)30(41-24(5)36)28(44-33)19-40-23(4)35/h10,12-13,15-16,18,28,30-33H,11,14,17,19H2,1-9H3/b13-10+,16-15+,20-12+,21-18+/t28-,30+,31+,32-,33?/m1/s1. The second kappa shape index (κ2) is 16.9. The van der Waals surface area contributed by atoms with E-state index in [1.807, 2.05) is 13.0 Å². The van der Waals surface area contributed by atoms with Gasteiger partial charge in [0.25, 0.3) is 0 Å². The number of esters is 5. The highest BCUT2D eigenvalue weighted by Crippen LogP contribution is 2.40. The predicted octanol–water partition coefficient (Wildman–Crippen LogP) is 5.14. The second-order valence-corrected chi connectivity index (χ2v) is 11.9. The van der Waals surface area contributed by atoms with Crippen molar-refractivity contribution in [1.82, 2.24) is 0 Å². The molecular formula is C34H46O11. The van der Waals surface area contributed by atoms with Crippen molar-refractivity contribution in [3.05, 3.63) is 58.7 Å². The van der Waals surface area contributed by atoms with Crippen LogP contribution in [-0.2, 0) is 52.4 Å². The number of hydrogen-bond donors (Lipinski definition) is 0. The van der Waals surface area contributed by atoms with Crippen LogP contribution in [0.5, 0.6) is 0 Å². The summed E-state index contributed by atoms with van der Waals surface area (Å²) in [5.41, 5.74) is 4.50. The van der Waals surface area contributed by atoms with Crippen LogP contribution < -0.4 is 0 Å². The van der Waals surface area contributed by atoms with Crippen molar-refractivity contribution in [1.29, 1.82) is 0 Å². The second-order valence-electron chi connectivity index (χ2n) is 11.9. The molecule has 248 valence electrons. The first-order valence-corrected chi connectivity index (χ1v) is 14.9. The van der Waals surface area contributed by atoms with E-state index in [1.54, 1.807) is 19.1 Å². The summed E-state index contributed by atoms with van der Waals surface area (Å²) in [6, 6.07) is 0. The molecular weight excluding hydrogens is 584 g/mol. The van der Waals surface area contributed by atoms with E-state index in [0.29, 0.717) is 5.57 Å².